The maximum atomic E-state index is 4.25. The summed E-state index contributed by atoms with van der Waals surface area (Å²) in [5.41, 5.74) is 3.44. The highest BCUT2D eigenvalue weighted by Crippen LogP contribution is 2.25. The van der Waals surface area contributed by atoms with Gasteiger partial charge in [-0.1, -0.05) is 27.7 Å². The molecule has 2 nitrogen and oxygen atoms in total. The summed E-state index contributed by atoms with van der Waals surface area (Å²) in [5, 5.41) is 3.52. The average molecular weight is 226 g/mol. The van der Waals surface area contributed by atoms with Crippen LogP contribution in [0.1, 0.15) is 38.3 Å². The summed E-state index contributed by atoms with van der Waals surface area (Å²) < 4.78 is 0. The van der Waals surface area contributed by atoms with E-state index in [1.54, 1.807) is 11.3 Å². The van der Waals surface area contributed by atoms with E-state index in [2.05, 4.69) is 44.9 Å². The normalized spacial score (nSPS) is 12.4. The van der Waals surface area contributed by atoms with Gasteiger partial charge in [0.1, 0.15) is 0 Å². The zero-order valence-corrected chi connectivity index (χ0v) is 11.2. The lowest BCUT2D eigenvalue weighted by molar-refractivity contribution is 0.238. The lowest BCUT2D eigenvalue weighted by Crippen LogP contribution is -2.33. The Hall–Kier alpha value is -0.410. The molecule has 1 heterocycles. The molecule has 0 bridgehead atoms. The van der Waals surface area contributed by atoms with Gasteiger partial charge >= 0.3 is 0 Å². The summed E-state index contributed by atoms with van der Waals surface area (Å²) in [6.45, 7) is 13.3. The van der Waals surface area contributed by atoms with E-state index in [4.69, 9.17) is 0 Å². The summed E-state index contributed by atoms with van der Waals surface area (Å²) in [4.78, 5) is 5.60. The molecule has 0 aliphatic rings. The Balaban J connectivity index is 2.37. The molecule has 1 aromatic rings. The highest BCUT2D eigenvalue weighted by atomic mass is 32.1. The maximum absolute atomic E-state index is 4.25. The van der Waals surface area contributed by atoms with Gasteiger partial charge in [-0.25, -0.2) is 4.98 Å². The van der Waals surface area contributed by atoms with Crippen molar-refractivity contribution in [3.05, 3.63) is 16.1 Å². The minimum Gasteiger partial charge on any atom is -0.311 e. The SMILES string of the molecule is Cc1ncsc1CNCC(C)(C)C(C)C. The van der Waals surface area contributed by atoms with Crippen LogP contribution in [-0.4, -0.2) is 11.5 Å². The summed E-state index contributed by atoms with van der Waals surface area (Å²) in [5.74, 6) is 0.701. The van der Waals surface area contributed by atoms with E-state index in [0.29, 0.717) is 11.3 Å². The van der Waals surface area contributed by atoms with E-state index in [1.807, 2.05) is 5.51 Å². The molecule has 0 radical (unpaired) electrons. The Morgan fingerprint density at radius 2 is 2.13 bits per heavy atom. The largest absolute Gasteiger partial charge is 0.311 e. The van der Waals surface area contributed by atoms with Crippen LogP contribution in [0.4, 0.5) is 0 Å². The van der Waals surface area contributed by atoms with E-state index in [9.17, 15) is 0 Å². The fourth-order valence-electron chi connectivity index (χ4n) is 1.20. The molecule has 0 spiro atoms. The van der Waals surface area contributed by atoms with Gasteiger partial charge in [0.05, 0.1) is 11.2 Å². The first kappa shape index (κ1) is 12.7. The smallest absolute Gasteiger partial charge is 0.0798 e. The lowest BCUT2D eigenvalue weighted by Gasteiger charge is -2.29. The number of nitrogens with one attached hydrogen (secondary N) is 1. The van der Waals surface area contributed by atoms with Crippen LogP contribution in [0, 0.1) is 18.3 Å². The van der Waals surface area contributed by atoms with Crippen molar-refractivity contribution in [2.75, 3.05) is 6.54 Å². The van der Waals surface area contributed by atoms with Crippen LogP contribution < -0.4 is 5.32 Å². The second kappa shape index (κ2) is 5.08. The van der Waals surface area contributed by atoms with Crippen molar-refractivity contribution < 1.29 is 0 Å². The first-order chi connectivity index (χ1) is 6.93. The van der Waals surface area contributed by atoms with Crippen molar-refractivity contribution in [3.8, 4) is 0 Å². The van der Waals surface area contributed by atoms with Gasteiger partial charge in [0.15, 0.2) is 0 Å². The van der Waals surface area contributed by atoms with Crippen molar-refractivity contribution >= 4 is 11.3 Å². The number of aromatic nitrogens is 1. The predicted octanol–water partition coefficient (Wildman–Crippen LogP) is 3.22. The standard InChI is InChI=1S/C12H22N2S/c1-9(2)12(4,5)7-13-6-11-10(3)14-8-15-11/h8-9,13H,6-7H2,1-5H3. The number of nitrogens with zero attached hydrogens (tertiary/aromatic N) is 1. The average Bonchev–Trinajstić information content (AvgIpc) is 2.51. The summed E-state index contributed by atoms with van der Waals surface area (Å²) in [6.07, 6.45) is 0. The summed E-state index contributed by atoms with van der Waals surface area (Å²) in [6, 6.07) is 0. The molecule has 15 heavy (non-hydrogen) atoms. The second-order valence-corrected chi connectivity index (χ2v) is 6.05. The van der Waals surface area contributed by atoms with E-state index in [0.717, 1.165) is 18.8 Å². The number of hydrogen-bond acceptors (Lipinski definition) is 3. The second-order valence-electron chi connectivity index (χ2n) is 5.11. The highest BCUT2D eigenvalue weighted by Gasteiger charge is 2.21. The zero-order chi connectivity index (χ0) is 11.5. The number of rotatable bonds is 5. The quantitative estimate of drug-likeness (QED) is 0.834. The van der Waals surface area contributed by atoms with Crippen LogP contribution in [0.5, 0.6) is 0 Å². The van der Waals surface area contributed by atoms with E-state index in [1.165, 1.54) is 4.88 Å². The molecule has 86 valence electrons. The molecule has 1 rings (SSSR count). The molecule has 0 atom stereocenters. The first-order valence-electron chi connectivity index (χ1n) is 5.53. The topological polar surface area (TPSA) is 24.9 Å². The van der Waals surface area contributed by atoms with Crippen LogP contribution in [0.3, 0.4) is 0 Å². The monoisotopic (exact) mass is 226 g/mol. The van der Waals surface area contributed by atoms with Gasteiger partial charge in [-0.15, -0.1) is 11.3 Å². The van der Waals surface area contributed by atoms with Gasteiger partial charge in [0.25, 0.3) is 0 Å². The van der Waals surface area contributed by atoms with Crippen molar-refractivity contribution in [1.82, 2.24) is 10.3 Å². The Kier molecular flexibility index (Phi) is 4.29. The molecule has 0 aliphatic carbocycles. The maximum Gasteiger partial charge on any atom is 0.0798 e. The number of thiazole rings is 1. The Morgan fingerprint density at radius 1 is 1.47 bits per heavy atom. The van der Waals surface area contributed by atoms with Gasteiger partial charge in [-0.3, -0.25) is 0 Å². The van der Waals surface area contributed by atoms with Gasteiger partial charge in [0, 0.05) is 18.0 Å². The van der Waals surface area contributed by atoms with Crippen LogP contribution in [0.25, 0.3) is 0 Å². The minimum atomic E-state index is 0.360. The van der Waals surface area contributed by atoms with Crippen LogP contribution >= 0.6 is 11.3 Å². The Morgan fingerprint density at radius 3 is 2.60 bits per heavy atom. The molecule has 0 unspecified atom stereocenters. The summed E-state index contributed by atoms with van der Waals surface area (Å²) in [7, 11) is 0. The van der Waals surface area contributed by atoms with Gasteiger partial charge in [0.2, 0.25) is 0 Å². The third-order valence-corrected chi connectivity index (χ3v) is 4.21. The van der Waals surface area contributed by atoms with E-state index >= 15 is 0 Å². The molecular formula is C12H22N2S. The van der Waals surface area contributed by atoms with Crippen LogP contribution in [-0.2, 0) is 6.54 Å². The molecule has 3 heteroatoms. The molecule has 1 N–H and O–H groups in total. The Labute approximate surface area is 97.1 Å². The van der Waals surface area contributed by atoms with E-state index < -0.39 is 0 Å². The molecule has 1 aromatic heterocycles. The van der Waals surface area contributed by atoms with Gasteiger partial charge in [-0.05, 0) is 18.3 Å². The van der Waals surface area contributed by atoms with Crippen molar-refractivity contribution in [2.24, 2.45) is 11.3 Å². The summed E-state index contributed by atoms with van der Waals surface area (Å²) >= 11 is 1.73. The van der Waals surface area contributed by atoms with Crippen molar-refractivity contribution in [2.45, 2.75) is 41.2 Å². The highest BCUT2D eigenvalue weighted by molar-refractivity contribution is 7.09. The van der Waals surface area contributed by atoms with Crippen molar-refractivity contribution in [1.29, 1.82) is 0 Å². The molecule has 0 fully saturated rings. The zero-order valence-electron chi connectivity index (χ0n) is 10.4. The van der Waals surface area contributed by atoms with Crippen LogP contribution in [0.15, 0.2) is 5.51 Å². The minimum absolute atomic E-state index is 0.360. The number of hydrogen-bond donors (Lipinski definition) is 1. The van der Waals surface area contributed by atoms with E-state index in [-0.39, 0.29) is 0 Å². The Bertz CT molecular complexity index is 302. The molecule has 0 saturated heterocycles. The molecule has 0 amide bonds. The van der Waals surface area contributed by atoms with Crippen molar-refractivity contribution in [3.63, 3.8) is 0 Å². The molecule has 0 aromatic carbocycles. The molecular weight excluding hydrogens is 204 g/mol. The van der Waals surface area contributed by atoms with Crippen LogP contribution in [0.2, 0.25) is 0 Å². The predicted molar refractivity (Wildman–Crippen MR) is 67.2 cm³/mol. The molecule has 0 saturated carbocycles. The fourth-order valence-corrected chi connectivity index (χ4v) is 1.94. The number of aryl methyl sites for hydroxylation is 1. The molecule has 0 aliphatic heterocycles. The lowest BCUT2D eigenvalue weighted by atomic mass is 9.81. The third-order valence-electron chi connectivity index (χ3n) is 3.27. The fraction of sp³-hybridized carbons (Fsp3) is 0.750. The first-order valence-corrected chi connectivity index (χ1v) is 6.41. The van der Waals surface area contributed by atoms with Gasteiger partial charge in [-0.2, -0.15) is 0 Å². The third kappa shape index (κ3) is 3.58. The van der Waals surface area contributed by atoms with Gasteiger partial charge < -0.3 is 5.32 Å².